The Balaban J connectivity index is 1.91. The summed E-state index contributed by atoms with van der Waals surface area (Å²) in [4.78, 5) is 3.35. The fourth-order valence-corrected chi connectivity index (χ4v) is 2.96. The summed E-state index contributed by atoms with van der Waals surface area (Å²) in [6.07, 6.45) is 0. The van der Waals surface area contributed by atoms with Gasteiger partial charge < -0.3 is 14.7 Å². The average molecular weight is 284 g/mol. The van der Waals surface area contributed by atoms with E-state index >= 15 is 0 Å². The van der Waals surface area contributed by atoms with E-state index in [9.17, 15) is 5.02 Å². The normalized spacial score (nSPS) is 14.0. The number of rotatable bonds is 1. The number of aromatic amines is 1. The van der Waals surface area contributed by atoms with E-state index in [2.05, 4.69) is 17.1 Å². The van der Waals surface area contributed by atoms with Crippen molar-refractivity contribution in [3.63, 3.8) is 0 Å². The molecule has 4 rings (SSSR count). The summed E-state index contributed by atoms with van der Waals surface area (Å²) in [6.45, 7) is 0.406. The number of para-hydroxylation sites is 1. The molecule has 0 aliphatic carbocycles. The fourth-order valence-electron chi connectivity index (χ4n) is 2.67. The van der Waals surface area contributed by atoms with Crippen molar-refractivity contribution in [3.05, 3.63) is 53.1 Å². The second-order valence-corrected chi connectivity index (χ2v) is 5.37. The lowest BCUT2D eigenvalue weighted by molar-refractivity contribution is 0.275. The van der Waals surface area contributed by atoms with Crippen LogP contribution in [0.15, 0.2) is 42.5 Å². The lowest BCUT2D eigenvalue weighted by Gasteiger charge is -2.06. The summed E-state index contributed by atoms with van der Waals surface area (Å²) in [6, 6.07) is 13.9. The minimum absolute atomic E-state index is 0.406. The van der Waals surface area contributed by atoms with E-state index in [1.54, 1.807) is 0 Å². The lowest BCUT2D eigenvalue weighted by atomic mass is 9.78. The van der Waals surface area contributed by atoms with Crippen LogP contribution in [0.3, 0.4) is 0 Å². The van der Waals surface area contributed by atoms with E-state index in [0.717, 1.165) is 33.2 Å². The zero-order chi connectivity index (χ0) is 13.7. The van der Waals surface area contributed by atoms with Crippen LogP contribution in [0, 0.1) is 0 Å². The van der Waals surface area contributed by atoms with Gasteiger partial charge in [0.25, 0.3) is 0 Å². The van der Waals surface area contributed by atoms with Crippen LogP contribution < -0.4 is 5.46 Å². The monoisotopic (exact) mass is 283 g/mol. The molecule has 2 N–H and O–H groups in total. The van der Waals surface area contributed by atoms with Crippen molar-refractivity contribution in [2.24, 2.45) is 0 Å². The van der Waals surface area contributed by atoms with E-state index in [1.165, 1.54) is 0 Å². The molecule has 0 fully saturated rings. The number of hydrogen-bond acceptors (Lipinski definition) is 2. The van der Waals surface area contributed by atoms with Crippen LogP contribution in [0.5, 0.6) is 0 Å². The Bertz CT molecular complexity index is 782. The molecule has 0 bridgehead atoms. The third-order valence-corrected chi connectivity index (χ3v) is 4.02. The Morgan fingerprint density at radius 1 is 1.20 bits per heavy atom. The van der Waals surface area contributed by atoms with Gasteiger partial charge in [-0.1, -0.05) is 35.9 Å². The van der Waals surface area contributed by atoms with Gasteiger partial charge in [-0.25, -0.2) is 0 Å². The molecule has 5 heteroatoms. The number of fused-ring (bicyclic) bond motifs is 2. The molecule has 0 spiro atoms. The first-order valence-corrected chi connectivity index (χ1v) is 6.80. The van der Waals surface area contributed by atoms with Crippen molar-refractivity contribution < 1.29 is 9.68 Å². The number of aromatic nitrogens is 1. The maximum atomic E-state index is 9.81. The van der Waals surface area contributed by atoms with Crippen LogP contribution in [0.2, 0.25) is 5.02 Å². The van der Waals surface area contributed by atoms with Gasteiger partial charge in [-0.2, -0.15) is 0 Å². The first kappa shape index (κ1) is 12.0. The third-order valence-electron chi connectivity index (χ3n) is 3.71. The minimum Gasteiger partial charge on any atom is -0.423 e. The second kappa shape index (κ2) is 4.38. The maximum absolute atomic E-state index is 9.81. The second-order valence-electron chi connectivity index (χ2n) is 4.96. The van der Waals surface area contributed by atoms with Gasteiger partial charge in [0.15, 0.2) is 0 Å². The molecule has 3 nitrogen and oxygen atoms in total. The van der Waals surface area contributed by atoms with Crippen molar-refractivity contribution in [1.29, 1.82) is 0 Å². The molecule has 0 radical (unpaired) electrons. The molecule has 0 saturated carbocycles. The topological polar surface area (TPSA) is 45.2 Å². The molecule has 20 heavy (non-hydrogen) atoms. The largest absolute Gasteiger partial charge is 0.491 e. The molecular formula is C15H11BClNO2. The number of hydrogen-bond donors (Lipinski definition) is 2. The highest BCUT2D eigenvalue weighted by molar-refractivity contribution is 6.61. The van der Waals surface area contributed by atoms with Crippen LogP contribution in [-0.4, -0.2) is 17.1 Å². The first-order valence-electron chi connectivity index (χ1n) is 6.42. The van der Waals surface area contributed by atoms with Gasteiger partial charge in [-0.3, -0.25) is 0 Å². The highest BCUT2D eigenvalue weighted by Gasteiger charge is 2.28. The summed E-state index contributed by atoms with van der Waals surface area (Å²) >= 11 is 6.36. The van der Waals surface area contributed by atoms with Crippen LogP contribution in [0.1, 0.15) is 5.56 Å². The Morgan fingerprint density at radius 3 is 2.90 bits per heavy atom. The molecule has 0 atom stereocenters. The van der Waals surface area contributed by atoms with Gasteiger partial charge >= 0.3 is 7.12 Å². The summed E-state index contributed by atoms with van der Waals surface area (Å²) in [5.74, 6) is 0. The number of halogens is 1. The smallest absolute Gasteiger partial charge is 0.423 e. The van der Waals surface area contributed by atoms with Gasteiger partial charge in [0.2, 0.25) is 0 Å². The van der Waals surface area contributed by atoms with Crippen molar-refractivity contribution in [1.82, 2.24) is 4.98 Å². The zero-order valence-corrected chi connectivity index (χ0v) is 11.3. The molecular weight excluding hydrogens is 272 g/mol. The van der Waals surface area contributed by atoms with E-state index < -0.39 is 7.12 Å². The zero-order valence-electron chi connectivity index (χ0n) is 10.6. The van der Waals surface area contributed by atoms with E-state index in [4.69, 9.17) is 16.3 Å². The summed E-state index contributed by atoms with van der Waals surface area (Å²) in [7, 11) is -0.856. The number of benzene rings is 2. The number of nitrogens with one attached hydrogen (secondary N) is 1. The lowest BCUT2D eigenvalue weighted by Crippen LogP contribution is -2.28. The van der Waals surface area contributed by atoms with Crippen LogP contribution in [0.4, 0.5) is 0 Å². The van der Waals surface area contributed by atoms with Gasteiger partial charge in [0.05, 0.1) is 11.6 Å². The van der Waals surface area contributed by atoms with Crippen LogP contribution >= 0.6 is 11.6 Å². The average Bonchev–Trinajstić information content (AvgIpc) is 3.02. The molecule has 2 heterocycles. The van der Waals surface area contributed by atoms with E-state index in [0.29, 0.717) is 11.6 Å². The van der Waals surface area contributed by atoms with Crippen LogP contribution in [-0.2, 0) is 11.3 Å². The molecule has 0 amide bonds. The molecule has 0 unspecified atom stereocenters. The predicted molar refractivity (Wildman–Crippen MR) is 81.1 cm³/mol. The fraction of sp³-hybridized carbons (Fsp3) is 0.0667. The first-order chi connectivity index (χ1) is 9.72. The summed E-state index contributed by atoms with van der Waals surface area (Å²) in [5, 5.41) is 11.6. The van der Waals surface area contributed by atoms with Gasteiger partial charge in [-0.15, -0.1) is 0 Å². The molecule has 1 aromatic heterocycles. The van der Waals surface area contributed by atoms with Crippen molar-refractivity contribution in [2.75, 3.05) is 0 Å². The highest BCUT2D eigenvalue weighted by Crippen LogP contribution is 2.31. The highest BCUT2D eigenvalue weighted by atomic mass is 35.5. The van der Waals surface area contributed by atoms with E-state index in [1.807, 2.05) is 30.3 Å². The standard InChI is InChI=1S/C15H11BClNO2/c17-13-5-10-8-20-16(19)12(10)7-11(13)15-6-9-3-1-2-4-14(9)18-15/h1-7,18-19H,8H2. The molecule has 1 aliphatic heterocycles. The van der Waals surface area contributed by atoms with Crippen molar-refractivity contribution in [3.8, 4) is 11.3 Å². The van der Waals surface area contributed by atoms with Crippen LogP contribution in [0.25, 0.3) is 22.2 Å². The summed E-state index contributed by atoms with van der Waals surface area (Å²) in [5.41, 5.74) is 4.63. The van der Waals surface area contributed by atoms with Crippen molar-refractivity contribution >= 4 is 35.1 Å². The number of H-pyrrole nitrogens is 1. The third kappa shape index (κ3) is 1.77. The van der Waals surface area contributed by atoms with Gasteiger partial charge in [0, 0.05) is 22.2 Å². The summed E-state index contributed by atoms with van der Waals surface area (Å²) < 4.78 is 5.21. The predicted octanol–water partition coefficient (Wildman–Crippen LogP) is 2.71. The van der Waals surface area contributed by atoms with Gasteiger partial charge in [0.1, 0.15) is 0 Å². The maximum Gasteiger partial charge on any atom is 0.491 e. The molecule has 2 aromatic carbocycles. The molecule has 3 aromatic rings. The Hall–Kier alpha value is -1.75. The van der Waals surface area contributed by atoms with Gasteiger partial charge in [-0.05, 0) is 29.2 Å². The SMILES string of the molecule is OB1OCc2cc(Cl)c(-c3cc4ccccc4[nH]3)cc21. The van der Waals surface area contributed by atoms with E-state index in [-0.39, 0.29) is 0 Å². The Kier molecular flexibility index (Phi) is 2.64. The molecule has 1 aliphatic rings. The van der Waals surface area contributed by atoms with Crippen molar-refractivity contribution in [2.45, 2.75) is 6.61 Å². The minimum atomic E-state index is -0.856. The molecule has 0 saturated heterocycles. The molecule has 98 valence electrons. The quantitative estimate of drug-likeness (QED) is 0.675. The Labute approximate surface area is 121 Å². The Morgan fingerprint density at radius 2 is 2.05 bits per heavy atom.